The van der Waals surface area contributed by atoms with E-state index >= 15 is 0 Å². The molecule has 37 heavy (non-hydrogen) atoms. The number of hydrogen-bond donors (Lipinski definition) is 2. The van der Waals surface area contributed by atoms with Gasteiger partial charge in [-0.2, -0.15) is 13.2 Å². The van der Waals surface area contributed by atoms with Gasteiger partial charge in [0, 0.05) is 18.0 Å². The fourth-order valence-electron chi connectivity index (χ4n) is 3.25. The zero-order valence-corrected chi connectivity index (χ0v) is 19.0. The highest BCUT2D eigenvalue weighted by Crippen LogP contribution is 2.41. The summed E-state index contributed by atoms with van der Waals surface area (Å²) >= 11 is 0. The van der Waals surface area contributed by atoms with Crippen molar-refractivity contribution in [3.63, 3.8) is 0 Å². The number of ether oxygens (including phenoxy) is 3. The number of hydrogen-bond acceptors (Lipinski definition) is 6. The standard InChI is InChI=1S/C23H17F6N3O5/c1-11-14(22(24,25)26)4-6-17(19(11)21(34)32-12-7-8-31-15(9-12)20(30)33)36-16-5-3-13(10-18(16)35-2)37-23(27,28)29/h3-10H,1-2H3,(H2,30,33)(H,31,32,34). The van der Waals surface area contributed by atoms with Gasteiger partial charge in [-0.25, -0.2) is 0 Å². The van der Waals surface area contributed by atoms with E-state index in [4.69, 9.17) is 15.2 Å². The Balaban J connectivity index is 2.05. The Kier molecular flexibility index (Phi) is 7.50. The molecular weight excluding hydrogens is 512 g/mol. The Morgan fingerprint density at radius 3 is 2.22 bits per heavy atom. The minimum absolute atomic E-state index is 0.00259. The number of aromatic nitrogens is 1. The molecule has 8 nitrogen and oxygen atoms in total. The zero-order valence-electron chi connectivity index (χ0n) is 19.0. The smallest absolute Gasteiger partial charge is 0.493 e. The second kappa shape index (κ2) is 10.2. The van der Waals surface area contributed by atoms with Gasteiger partial charge in [0.2, 0.25) is 0 Å². The average molecular weight is 529 g/mol. The lowest BCUT2D eigenvalue weighted by molar-refractivity contribution is -0.274. The maximum atomic E-state index is 13.6. The van der Waals surface area contributed by atoms with E-state index < -0.39 is 46.8 Å². The van der Waals surface area contributed by atoms with Crippen LogP contribution in [0.25, 0.3) is 0 Å². The first-order valence-electron chi connectivity index (χ1n) is 10.1. The molecular formula is C23H17F6N3O5. The van der Waals surface area contributed by atoms with E-state index in [0.717, 1.165) is 50.6 Å². The number of nitrogens with two attached hydrogens (primary N) is 1. The van der Waals surface area contributed by atoms with Gasteiger partial charge in [0.15, 0.2) is 11.5 Å². The van der Waals surface area contributed by atoms with E-state index in [2.05, 4.69) is 15.0 Å². The largest absolute Gasteiger partial charge is 0.573 e. The second-order valence-electron chi connectivity index (χ2n) is 7.32. The SMILES string of the molecule is COc1cc(OC(F)(F)F)ccc1Oc1ccc(C(F)(F)F)c(C)c1C(=O)Nc1ccnc(C(N)=O)c1. The van der Waals surface area contributed by atoms with Crippen LogP contribution in [-0.2, 0) is 6.18 Å². The van der Waals surface area contributed by atoms with Gasteiger partial charge in [-0.3, -0.25) is 14.6 Å². The average Bonchev–Trinajstić information content (AvgIpc) is 2.78. The lowest BCUT2D eigenvalue weighted by Gasteiger charge is -2.19. The molecule has 1 heterocycles. The van der Waals surface area contributed by atoms with Crippen LogP contribution in [0.2, 0.25) is 0 Å². The summed E-state index contributed by atoms with van der Waals surface area (Å²) in [5.41, 5.74) is 2.79. The van der Waals surface area contributed by atoms with Crippen molar-refractivity contribution in [2.24, 2.45) is 5.73 Å². The fourth-order valence-corrected chi connectivity index (χ4v) is 3.25. The minimum atomic E-state index is -4.98. The lowest BCUT2D eigenvalue weighted by atomic mass is 10.00. The van der Waals surface area contributed by atoms with Crippen molar-refractivity contribution in [2.45, 2.75) is 19.5 Å². The van der Waals surface area contributed by atoms with Gasteiger partial charge >= 0.3 is 12.5 Å². The number of benzene rings is 2. The molecule has 0 aliphatic rings. The Morgan fingerprint density at radius 2 is 1.62 bits per heavy atom. The Morgan fingerprint density at radius 1 is 0.946 bits per heavy atom. The van der Waals surface area contributed by atoms with Crippen LogP contribution in [0.1, 0.15) is 32.0 Å². The molecule has 3 rings (SSSR count). The highest BCUT2D eigenvalue weighted by Gasteiger charge is 2.35. The van der Waals surface area contributed by atoms with Crippen LogP contribution in [0.3, 0.4) is 0 Å². The van der Waals surface area contributed by atoms with Gasteiger partial charge in [-0.05, 0) is 48.9 Å². The van der Waals surface area contributed by atoms with Gasteiger partial charge in [0.1, 0.15) is 17.2 Å². The molecule has 0 fully saturated rings. The molecule has 2 amide bonds. The van der Waals surface area contributed by atoms with E-state index in [0.29, 0.717) is 6.07 Å². The highest BCUT2D eigenvalue weighted by molar-refractivity contribution is 6.08. The Hall–Kier alpha value is -4.49. The molecule has 2 aromatic carbocycles. The Bertz CT molecular complexity index is 1340. The van der Waals surface area contributed by atoms with Gasteiger partial charge in [0.05, 0.1) is 18.2 Å². The molecule has 1 aromatic heterocycles. The van der Waals surface area contributed by atoms with E-state index in [-0.39, 0.29) is 28.6 Å². The first kappa shape index (κ1) is 27.1. The molecule has 0 bridgehead atoms. The fraction of sp³-hybridized carbons (Fsp3) is 0.174. The first-order chi connectivity index (χ1) is 17.2. The number of carbonyl (C=O) groups excluding carboxylic acids is 2. The summed E-state index contributed by atoms with van der Waals surface area (Å²) in [5, 5.41) is 2.35. The molecule has 14 heteroatoms. The molecule has 3 aromatic rings. The quantitative estimate of drug-likeness (QED) is 0.393. The number of pyridine rings is 1. The maximum absolute atomic E-state index is 13.6. The monoisotopic (exact) mass is 529 g/mol. The van der Waals surface area contributed by atoms with Crippen molar-refractivity contribution in [1.29, 1.82) is 0 Å². The predicted octanol–water partition coefficient (Wildman–Crippen LogP) is 5.46. The molecule has 3 N–H and O–H groups in total. The van der Waals surface area contributed by atoms with E-state index in [1.54, 1.807) is 0 Å². The summed E-state index contributed by atoms with van der Waals surface area (Å²) in [6, 6.07) is 6.73. The summed E-state index contributed by atoms with van der Waals surface area (Å²) < 4.78 is 92.7. The van der Waals surface area contributed by atoms with Gasteiger partial charge < -0.3 is 25.3 Å². The van der Waals surface area contributed by atoms with Gasteiger partial charge in [-0.1, -0.05) is 0 Å². The molecule has 0 radical (unpaired) electrons. The number of primary amides is 1. The van der Waals surface area contributed by atoms with Crippen LogP contribution in [0.15, 0.2) is 48.7 Å². The molecule has 0 aliphatic carbocycles. The van der Waals surface area contributed by atoms with Crippen LogP contribution in [0.5, 0.6) is 23.0 Å². The molecule has 0 unspecified atom stereocenters. The van der Waals surface area contributed by atoms with Crippen LogP contribution < -0.4 is 25.3 Å². The lowest BCUT2D eigenvalue weighted by Crippen LogP contribution is -2.19. The number of amides is 2. The predicted molar refractivity (Wildman–Crippen MR) is 117 cm³/mol. The molecule has 196 valence electrons. The topological polar surface area (TPSA) is 113 Å². The highest BCUT2D eigenvalue weighted by atomic mass is 19.4. The first-order valence-corrected chi connectivity index (χ1v) is 10.1. The Labute approximate surface area is 205 Å². The van der Waals surface area contributed by atoms with E-state index in [1.807, 2.05) is 0 Å². The zero-order chi connectivity index (χ0) is 27.5. The minimum Gasteiger partial charge on any atom is -0.493 e. The number of carbonyl (C=O) groups is 2. The molecule has 0 spiro atoms. The number of methoxy groups -OCH3 is 1. The van der Waals surface area contributed by atoms with Crippen LogP contribution in [0.4, 0.5) is 32.0 Å². The van der Waals surface area contributed by atoms with Crippen molar-refractivity contribution in [2.75, 3.05) is 12.4 Å². The van der Waals surface area contributed by atoms with Gasteiger partial charge in [-0.15, -0.1) is 13.2 Å². The third-order valence-electron chi connectivity index (χ3n) is 4.82. The number of halogens is 6. The summed E-state index contributed by atoms with van der Waals surface area (Å²) in [6.45, 7) is 1.05. The number of rotatable bonds is 7. The van der Waals surface area contributed by atoms with Crippen molar-refractivity contribution in [3.05, 3.63) is 71.0 Å². The van der Waals surface area contributed by atoms with E-state index in [1.165, 1.54) is 6.07 Å². The maximum Gasteiger partial charge on any atom is 0.573 e. The van der Waals surface area contributed by atoms with Crippen molar-refractivity contribution >= 4 is 17.5 Å². The molecule has 0 aliphatic heterocycles. The molecule has 0 saturated heterocycles. The number of anilines is 1. The van der Waals surface area contributed by atoms with Crippen molar-refractivity contribution in [1.82, 2.24) is 4.98 Å². The summed E-state index contributed by atoms with van der Waals surface area (Å²) in [7, 11) is 1.12. The van der Waals surface area contributed by atoms with Crippen LogP contribution in [0, 0.1) is 6.92 Å². The normalized spacial score (nSPS) is 11.6. The molecule has 0 saturated carbocycles. The van der Waals surface area contributed by atoms with E-state index in [9.17, 15) is 35.9 Å². The number of alkyl halides is 6. The second-order valence-corrected chi connectivity index (χ2v) is 7.32. The van der Waals surface area contributed by atoms with Crippen molar-refractivity contribution < 1.29 is 50.1 Å². The number of nitrogens with zero attached hydrogens (tertiary/aromatic N) is 1. The van der Waals surface area contributed by atoms with Crippen molar-refractivity contribution in [3.8, 4) is 23.0 Å². The van der Waals surface area contributed by atoms with Crippen LogP contribution >= 0.6 is 0 Å². The summed E-state index contributed by atoms with van der Waals surface area (Å²) in [6.07, 6.45) is -8.65. The third kappa shape index (κ3) is 6.59. The third-order valence-corrected chi connectivity index (χ3v) is 4.82. The van der Waals surface area contributed by atoms with Gasteiger partial charge in [0.25, 0.3) is 11.8 Å². The van der Waals surface area contributed by atoms with Crippen LogP contribution in [-0.4, -0.2) is 30.3 Å². The molecule has 0 atom stereocenters. The summed E-state index contributed by atoms with van der Waals surface area (Å²) in [4.78, 5) is 28.2. The number of nitrogens with one attached hydrogen (secondary N) is 1. The summed E-state index contributed by atoms with van der Waals surface area (Å²) in [5.74, 6) is -3.43.